The number of aromatic nitrogens is 1. The molecule has 0 radical (unpaired) electrons. The summed E-state index contributed by atoms with van der Waals surface area (Å²) in [4.78, 5) is 4.16. The van der Waals surface area contributed by atoms with Crippen LogP contribution in [0.5, 0.6) is 5.75 Å². The summed E-state index contributed by atoms with van der Waals surface area (Å²) in [6.07, 6.45) is 1.71. The normalized spacial score (nSPS) is 11.1. The van der Waals surface area contributed by atoms with Gasteiger partial charge in [-0.25, -0.2) is 4.39 Å². The second-order valence-corrected chi connectivity index (χ2v) is 4.06. The van der Waals surface area contributed by atoms with Crippen molar-refractivity contribution in [1.82, 2.24) is 4.98 Å². The molecule has 0 amide bonds. The van der Waals surface area contributed by atoms with Crippen molar-refractivity contribution < 1.29 is 9.13 Å². The van der Waals surface area contributed by atoms with Crippen LogP contribution in [0.2, 0.25) is 0 Å². The molecule has 0 aliphatic carbocycles. The van der Waals surface area contributed by atoms with Gasteiger partial charge >= 0.3 is 0 Å². The summed E-state index contributed by atoms with van der Waals surface area (Å²) in [5.41, 5.74) is 1.83. The molecule has 2 rings (SSSR count). The summed E-state index contributed by atoms with van der Waals surface area (Å²) < 4.78 is 18.5. The van der Waals surface area contributed by atoms with E-state index < -0.39 is 0 Å². The molecule has 0 fully saturated rings. The standard InChI is InChI=1S/C13H14FNO/c1-8(2)9-4-5-15-12-7-11(14)13(16-3)6-10(9)12/h4-8H,1-3H3. The van der Waals surface area contributed by atoms with Crippen LogP contribution in [0, 0.1) is 5.82 Å². The summed E-state index contributed by atoms with van der Waals surface area (Å²) in [5, 5.41) is 0.954. The third-order valence-electron chi connectivity index (χ3n) is 2.67. The first-order chi connectivity index (χ1) is 7.63. The van der Waals surface area contributed by atoms with Crippen LogP contribution in [-0.2, 0) is 0 Å². The van der Waals surface area contributed by atoms with E-state index in [4.69, 9.17) is 4.74 Å². The zero-order chi connectivity index (χ0) is 11.7. The molecular weight excluding hydrogens is 205 g/mol. The van der Waals surface area contributed by atoms with Crippen molar-refractivity contribution in [2.45, 2.75) is 19.8 Å². The molecular formula is C13H14FNO. The lowest BCUT2D eigenvalue weighted by molar-refractivity contribution is 0.387. The number of halogens is 1. The van der Waals surface area contributed by atoms with E-state index in [2.05, 4.69) is 18.8 Å². The molecule has 84 valence electrons. The average Bonchev–Trinajstić information content (AvgIpc) is 2.26. The predicted molar refractivity (Wildman–Crippen MR) is 62.3 cm³/mol. The maximum absolute atomic E-state index is 13.5. The first kappa shape index (κ1) is 10.9. The molecule has 0 N–H and O–H groups in total. The molecule has 0 aliphatic heterocycles. The van der Waals surface area contributed by atoms with Gasteiger partial charge in [0.05, 0.1) is 12.6 Å². The van der Waals surface area contributed by atoms with Crippen LogP contribution in [0.3, 0.4) is 0 Å². The lowest BCUT2D eigenvalue weighted by atomic mass is 9.99. The number of ether oxygens (including phenoxy) is 1. The summed E-state index contributed by atoms with van der Waals surface area (Å²) in [6, 6.07) is 5.09. The number of hydrogen-bond donors (Lipinski definition) is 0. The average molecular weight is 219 g/mol. The van der Waals surface area contributed by atoms with Gasteiger partial charge in [0, 0.05) is 17.6 Å². The highest BCUT2D eigenvalue weighted by Crippen LogP contribution is 2.29. The van der Waals surface area contributed by atoms with E-state index in [9.17, 15) is 4.39 Å². The highest BCUT2D eigenvalue weighted by atomic mass is 19.1. The zero-order valence-electron chi connectivity index (χ0n) is 9.62. The van der Waals surface area contributed by atoms with Crippen LogP contribution in [0.25, 0.3) is 10.9 Å². The summed E-state index contributed by atoms with van der Waals surface area (Å²) >= 11 is 0. The minimum atomic E-state index is -0.372. The topological polar surface area (TPSA) is 22.1 Å². The Morgan fingerprint density at radius 1 is 1.31 bits per heavy atom. The van der Waals surface area contributed by atoms with Crippen LogP contribution < -0.4 is 4.74 Å². The number of pyridine rings is 1. The van der Waals surface area contributed by atoms with Gasteiger partial charge in [0.1, 0.15) is 0 Å². The number of benzene rings is 1. The van der Waals surface area contributed by atoms with Crippen LogP contribution in [-0.4, -0.2) is 12.1 Å². The highest BCUT2D eigenvalue weighted by molar-refractivity contribution is 5.84. The molecule has 2 nitrogen and oxygen atoms in total. The number of rotatable bonds is 2. The first-order valence-electron chi connectivity index (χ1n) is 5.25. The Bertz CT molecular complexity index is 523. The summed E-state index contributed by atoms with van der Waals surface area (Å²) in [7, 11) is 1.47. The van der Waals surface area contributed by atoms with Gasteiger partial charge in [0.25, 0.3) is 0 Å². The molecule has 0 atom stereocenters. The van der Waals surface area contributed by atoms with Crippen molar-refractivity contribution in [3.63, 3.8) is 0 Å². The van der Waals surface area contributed by atoms with Crippen LogP contribution >= 0.6 is 0 Å². The van der Waals surface area contributed by atoms with Gasteiger partial charge in [-0.05, 0) is 23.6 Å². The van der Waals surface area contributed by atoms with E-state index in [0.29, 0.717) is 11.4 Å². The maximum Gasteiger partial charge on any atom is 0.167 e. The fraction of sp³-hybridized carbons (Fsp3) is 0.308. The number of fused-ring (bicyclic) bond motifs is 1. The van der Waals surface area contributed by atoms with Crippen molar-refractivity contribution in [2.75, 3.05) is 7.11 Å². The van der Waals surface area contributed by atoms with Crippen molar-refractivity contribution >= 4 is 10.9 Å². The van der Waals surface area contributed by atoms with Gasteiger partial charge in [-0.15, -0.1) is 0 Å². The third-order valence-corrected chi connectivity index (χ3v) is 2.67. The van der Waals surface area contributed by atoms with E-state index in [1.807, 2.05) is 6.07 Å². The van der Waals surface area contributed by atoms with Gasteiger partial charge < -0.3 is 4.74 Å². The smallest absolute Gasteiger partial charge is 0.167 e. The fourth-order valence-corrected chi connectivity index (χ4v) is 1.83. The van der Waals surface area contributed by atoms with Gasteiger partial charge in [-0.1, -0.05) is 13.8 Å². The third kappa shape index (κ3) is 1.73. The van der Waals surface area contributed by atoms with E-state index in [-0.39, 0.29) is 11.6 Å². The Hall–Kier alpha value is -1.64. The minimum absolute atomic E-state index is 0.266. The fourth-order valence-electron chi connectivity index (χ4n) is 1.83. The predicted octanol–water partition coefficient (Wildman–Crippen LogP) is 3.51. The molecule has 16 heavy (non-hydrogen) atoms. The van der Waals surface area contributed by atoms with Crippen molar-refractivity contribution in [3.8, 4) is 5.75 Å². The van der Waals surface area contributed by atoms with E-state index in [0.717, 1.165) is 10.9 Å². The van der Waals surface area contributed by atoms with Gasteiger partial charge in [0.15, 0.2) is 11.6 Å². The highest BCUT2D eigenvalue weighted by Gasteiger charge is 2.10. The van der Waals surface area contributed by atoms with E-state index in [1.54, 1.807) is 12.3 Å². The second kappa shape index (κ2) is 4.08. The largest absolute Gasteiger partial charge is 0.494 e. The molecule has 0 aliphatic rings. The SMILES string of the molecule is COc1cc2c(C(C)C)ccnc2cc1F. The van der Waals surface area contributed by atoms with Crippen molar-refractivity contribution in [3.05, 3.63) is 35.8 Å². The zero-order valence-corrected chi connectivity index (χ0v) is 9.62. The molecule has 2 aromatic rings. The lowest BCUT2D eigenvalue weighted by Gasteiger charge is -2.10. The van der Waals surface area contributed by atoms with Crippen molar-refractivity contribution in [2.24, 2.45) is 0 Å². The van der Waals surface area contributed by atoms with E-state index in [1.165, 1.54) is 13.2 Å². The lowest BCUT2D eigenvalue weighted by Crippen LogP contribution is -1.94. The van der Waals surface area contributed by atoms with Gasteiger partial charge in [-0.3, -0.25) is 4.98 Å². The Morgan fingerprint density at radius 3 is 2.69 bits per heavy atom. The molecule has 0 unspecified atom stereocenters. The Balaban J connectivity index is 2.76. The molecule has 1 aromatic heterocycles. The maximum atomic E-state index is 13.5. The van der Waals surface area contributed by atoms with Gasteiger partial charge in [-0.2, -0.15) is 0 Å². The quantitative estimate of drug-likeness (QED) is 0.771. The summed E-state index contributed by atoms with van der Waals surface area (Å²) in [5.74, 6) is 0.270. The van der Waals surface area contributed by atoms with Crippen molar-refractivity contribution in [1.29, 1.82) is 0 Å². The van der Waals surface area contributed by atoms with Gasteiger partial charge in [0.2, 0.25) is 0 Å². The molecule has 0 saturated heterocycles. The first-order valence-corrected chi connectivity index (χ1v) is 5.25. The van der Waals surface area contributed by atoms with Crippen LogP contribution in [0.15, 0.2) is 24.4 Å². The number of nitrogens with zero attached hydrogens (tertiary/aromatic N) is 1. The molecule has 0 saturated carbocycles. The monoisotopic (exact) mass is 219 g/mol. The van der Waals surface area contributed by atoms with E-state index >= 15 is 0 Å². The Kier molecular flexibility index (Phi) is 2.77. The number of methoxy groups -OCH3 is 1. The summed E-state index contributed by atoms with van der Waals surface area (Å²) in [6.45, 7) is 4.20. The second-order valence-electron chi connectivity index (χ2n) is 4.06. The van der Waals surface area contributed by atoms with Crippen LogP contribution in [0.1, 0.15) is 25.3 Å². The molecule has 0 bridgehead atoms. The number of hydrogen-bond acceptors (Lipinski definition) is 2. The molecule has 1 heterocycles. The Labute approximate surface area is 94.1 Å². The van der Waals surface area contributed by atoms with Crippen LogP contribution in [0.4, 0.5) is 4.39 Å². The molecule has 0 spiro atoms. The molecule has 3 heteroatoms. The Morgan fingerprint density at radius 2 is 2.06 bits per heavy atom. The minimum Gasteiger partial charge on any atom is -0.494 e. The molecule has 1 aromatic carbocycles.